The molecule has 0 saturated carbocycles. The first-order chi connectivity index (χ1) is 10.4. The van der Waals surface area contributed by atoms with E-state index < -0.39 is 22.4 Å². The molecule has 110 valence electrons. The van der Waals surface area contributed by atoms with E-state index in [9.17, 15) is 19.7 Å². The van der Waals surface area contributed by atoms with Crippen LogP contribution in [0.2, 0.25) is 0 Å². The molecular weight excluding hydrogens is 284 g/mol. The number of carbonyl (C=O) groups excluding carboxylic acids is 2. The average molecular weight is 296 g/mol. The second-order valence-corrected chi connectivity index (χ2v) is 5.17. The molecule has 0 fully saturated rings. The Hall–Kier alpha value is -3.02. The molecule has 6 heteroatoms. The third kappa shape index (κ3) is 1.88. The van der Waals surface area contributed by atoms with Gasteiger partial charge in [-0.15, -0.1) is 0 Å². The number of benzene rings is 2. The van der Waals surface area contributed by atoms with Crippen molar-refractivity contribution in [3.05, 3.63) is 63.3 Å². The lowest BCUT2D eigenvalue weighted by Gasteiger charge is -2.19. The Morgan fingerprint density at radius 2 is 1.68 bits per heavy atom. The van der Waals surface area contributed by atoms with E-state index in [1.807, 2.05) is 25.1 Å². The lowest BCUT2D eigenvalue weighted by Crippen LogP contribution is -2.32. The van der Waals surface area contributed by atoms with Gasteiger partial charge in [-0.05, 0) is 30.4 Å². The molecule has 0 bridgehead atoms. The van der Waals surface area contributed by atoms with Crippen molar-refractivity contribution < 1.29 is 14.5 Å². The summed E-state index contributed by atoms with van der Waals surface area (Å²) in [5.41, 5.74) is 1.44. The molecule has 2 aromatic rings. The minimum absolute atomic E-state index is 0.407. The topological polar surface area (TPSA) is 80.5 Å². The Morgan fingerprint density at radius 3 is 2.27 bits per heavy atom. The maximum Gasteiger partial charge on any atom is 0.340 e. The van der Waals surface area contributed by atoms with Crippen molar-refractivity contribution in [2.45, 2.75) is 13.8 Å². The van der Waals surface area contributed by atoms with Crippen LogP contribution in [-0.4, -0.2) is 16.7 Å². The zero-order chi connectivity index (χ0) is 16.0. The summed E-state index contributed by atoms with van der Waals surface area (Å²) in [6.07, 6.45) is 0.774. The predicted octanol–water partition coefficient (Wildman–Crippen LogP) is 2.49. The fraction of sp³-hybridized carbons (Fsp3) is 0.125. The van der Waals surface area contributed by atoms with Crippen LogP contribution in [0.1, 0.15) is 11.1 Å². The van der Waals surface area contributed by atoms with Crippen LogP contribution in [0.4, 0.5) is 5.69 Å². The van der Waals surface area contributed by atoms with Crippen LogP contribution in [0, 0.1) is 24.0 Å². The number of carbonyl (C=O) groups is 2. The van der Waals surface area contributed by atoms with Gasteiger partial charge in [-0.2, -0.15) is 0 Å². The maximum atomic E-state index is 12.2. The molecule has 2 amide bonds. The molecule has 0 N–H and O–H groups in total. The number of rotatable bonds is 2. The summed E-state index contributed by atoms with van der Waals surface area (Å²) >= 11 is 0. The van der Waals surface area contributed by atoms with E-state index in [-0.39, 0.29) is 0 Å². The van der Waals surface area contributed by atoms with E-state index in [0.29, 0.717) is 5.69 Å². The lowest BCUT2D eigenvalue weighted by molar-refractivity contribution is -0.418. The molecule has 0 unspecified atom stereocenters. The Morgan fingerprint density at radius 1 is 1.05 bits per heavy atom. The van der Waals surface area contributed by atoms with Crippen LogP contribution in [0.5, 0.6) is 0 Å². The summed E-state index contributed by atoms with van der Waals surface area (Å²) < 4.78 is 0. The molecule has 0 aliphatic carbocycles. The maximum absolute atomic E-state index is 12.2. The fourth-order valence-electron chi connectivity index (χ4n) is 2.81. The standard InChI is InChI=1S/C16H12N2O4/c1-9-7-10(2)15(12-6-4-3-5-11(9)12)17-14(19)8-13(16(17)20)18(21)22/h3-8H,1-2H3. The Kier molecular flexibility index (Phi) is 3.02. The molecule has 2 aromatic carbocycles. The van der Waals surface area contributed by atoms with Crippen molar-refractivity contribution in [2.24, 2.45) is 0 Å². The Labute approximate surface area is 125 Å². The van der Waals surface area contributed by atoms with E-state index in [2.05, 4.69) is 0 Å². The zero-order valence-electron chi connectivity index (χ0n) is 12.0. The van der Waals surface area contributed by atoms with Crippen molar-refractivity contribution in [3.63, 3.8) is 0 Å². The van der Waals surface area contributed by atoms with Gasteiger partial charge in [0.25, 0.3) is 5.91 Å². The summed E-state index contributed by atoms with van der Waals surface area (Å²) in [6.45, 7) is 3.72. The van der Waals surface area contributed by atoms with Gasteiger partial charge in [0.1, 0.15) is 0 Å². The van der Waals surface area contributed by atoms with Gasteiger partial charge in [-0.3, -0.25) is 19.7 Å². The highest BCUT2D eigenvalue weighted by molar-refractivity contribution is 6.32. The normalized spacial score (nSPS) is 14.6. The Balaban J connectivity index is 2.27. The van der Waals surface area contributed by atoms with Crippen LogP contribution in [0.25, 0.3) is 10.8 Å². The minimum Gasteiger partial charge on any atom is -0.269 e. The first-order valence-electron chi connectivity index (χ1n) is 6.65. The molecule has 0 radical (unpaired) electrons. The number of hydrogen-bond donors (Lipinski definition) is 0. The summed E-state index contributed by atoms with van der Waals surface area (Å²) in [4.78, 5) is 35.3. The number of imide groups is 1. The number of nitrogens with zero attached hydrogens (tertiary/aromatic N) is 2. The number of hydrogen-bond acceptors (Lipinski definition) is 4. The van der Waals surface area contributed by atoms with Gasteiger partial charge >= 0.3 is 11.6 Å². The SMILES string of the molecule is Cc1cc(C)c2ccccc2c1N1C(=O)C=C([N+](=O)[O-])C1=O. The molecule has 0 aromatic heterocycles. The Bertz CT molecular complexity index is 883. The summed E-state index contributed by atoms with van der Waals surface area (Å²) in [5.74, 6) is -1.58. The van der Waals surface area contributed by atoms with E-state index in [4.69, 9.17) is 0 Å². The number of anilines is 1. The largest absolute Gasteiger partial charge is 0.340 e. The highest BCUT2D eigenvalue weighted by atomic mass is 16.6. The first kappa shape index (κ1) is 13.9. The number of nitro groups is 1. The zero-order valence-corrected chi connectivity index (χ0v) is 12.0. The average Bonchev–Trinajstić information content (AvgIpc) is 2.76. The lowest BCUT2D eigenvalue weighted by atomic mass is 9.99. The molecular formula is C16H12N2O4. The second-order valence-electron chi connectivity index (χ2n) is 5.17. The summed E-state index contributed by atoms with van der Waals surface area (Å²) in [7, 11) is 0. The molecule has 0 saturated heterocycles. The van der Waals surface area contributed by atoms with Crippen molar-refractivity contribution in [1.82, 2.24) is 0 Å². The molecule has 3 rings (SSSR count). The molecule has 6 nitrogen and oxygen atoms in total. The van der Waals surface area contributed by atoms with E-state index >= 15 is 0 Å². The van der Waals surface area contributed by atoms with E-state index in [1.165, 1.54) is 0 Å². The molecule has 1 aliphatic heterocycles. The molecule has 22 heavy (non-hydrogen) atoms. The molecule has 1 aliphatic rings. The first-order valence-corrected chi connectivity index (χ1v) is 6.65. The van der Waals surface area contributed by atoms with Gasteiger partial charge in [-0.25, -0.2) is 4.90 Å². The third-order valence-electron chi connectivity index (χ3n) is 3.74. The summed E-state index contributed by atoms with van der Waals surface area (Å²) in [6, 6.07) is 9.22. The monoisotopic (exact) mass is 296 g/mol. The van der Waals surface area contributed by atoms with Crippen LogP contribution in [0.3, 0.4) is 0 Å². The summed E-state index contributed by atoms with van der Waals surface area (Å²) in [5, 5.41) is 12.5. The van der Waals surface area contributed by atoms with Crippen molar-refractivity contribution in [2.75, 3.05) is 4.90 Å². The minimum atomic E-state index is -0.896. The highest BCUT2D eigenvalue weighted by Crippen LogP contribution is 2.35. The fourth-order valence-corrected chi connectivity index (χ4v) is 2.81. The van der Waals surface area contributed by atoms with Gasteiger partial charge in [0.05, 0.1) is 16.7 Å². The molecule has 0 atom stereocenters. The number of aryl methyl sites for hydroxylation is 2. The molecule has 1 heterocycles. The van der Waals surface area contributed by atoms with Gasteiger partial charge in [0.15, 0.2) is 0 Å². The van der Waals surface area contributed by atoms with Gasteiger partial charge in [0, 0.05) is 5.39 Å². The molecule has 0 spiro atoms. The number of amides is 2. The van der Waals surface area contributed by atoms with Crippen LogP contribution < -0.4 is 4.90 Å². The van der Waals surface area contributed by atoms with Crippen molar-refractivity contribution in [3.8, 4) is 0 Å². The smallest absolute Gasteiger partial charge is 0.269 e. The number of fused-ring (bicyclic) bond motifs is 1. The van der Waals surface area contributed by atoms with Crippen LogP contribution in [0.15, 0.2) is 42.1 Å². The van der Waals surface area contributed by atoms with Crippen molar-refractivity contribution >= 4 is 28.3 Å². The van der Waals surface area contributed by atoms with E-state index in [0.717, 1.165) is 32.9 Å². The van der Waals surface area contributed by atoms with Gasteiger partial charge in [-0.1, -0.05) is 30.3 Å². The third-order valence-corrected chi connectivity index (χ3v) is 3.74. The quantitative estimate of drug-likeness (QED) is 0.484. The second kappa shape index (κ2) is 4.77. The van der Waals surface area contributed by atoms with Crippen molar-refractivity contribution in [1.29, 1.82) is 0 Å². The predicted molar refractivity (Wildman–Crippen MR) is 81.0 cm³/mol. The van der Waals surface area contributed by atoms with Crippen LogP contribution >= 0.6 is 0 Å². The van der Waals surface area contributed by atoms with Gasteiger partial charge in [0.2, 0.25) is 0 Å². The van der Waals surface area contributed by atoms with Crippen LogP contribution in [-0.2, 0) is 9.59 Å². The van der Waals surface area contributed by atoms with E-state index in [1.54, 1.807) is 19.1 Å². The highest BCUT2D eigenvalue weighted by Gasteiger charge is 2.41. The van der Waals surface area contributed by atoms with Gasteiger partial charge < -0.3 is 0 Å².